The number of hydrogen-bond acceptors (Lipinski definition) is 4. The van der Waals surface area contributed by atoms with Crippen LogP contribution in [0.15, 0.2) is 48.5 Å². The van der Waals surface area contributed by atoms with Crippen molar-refractivity contribution in [2.75, 3.05) is 24.7 Å². The molecule has 2 aromatic rings. The van der Waals surface area contributed by atoms with Gasteiger partial charge in [-0.05, 0) is 44.0 Å². The number of amides is 1. The van der Waals surface area contributed by atoms with Crippen LogP contribution in [-0.2, 0) is 16.8 Å². The van der Waals surface area contributed by atoms with Crippen LogP contribution < -0.4 is 4.90 Å². The molecule has 2 heterocycles. The summed E-state index contributed by atoms with van der Waals surface area (Å²) in [5, 5.41) is 11.4. The summed E-state index contributed by atoms with van der Waals surface area (Å²) in [6.45, 7) is 4.42. The number of anilines is 1. The second-order valence-electron chi connectivity index (χ2n) is 8.08. The number of benzene rings is 2. The molecule has 1 atom stereocenters. The number of ketones is 1. The van der Waals surface area contributed by atoms with Gasteiger partial charge in [-0.3, -0.25) is 19.4 Å². The molecule has 2 aliphatic rings. The van der Waals surface area contributed by atoms with Gasteiger partial charge in [-0.2, -0.15) is 0 Å². The van der Waals surface area contributed by atoms with Gasteiger partial charge in [0.2, 0.25) is 0 Å². The average Bonchev–Trinajstić information content (AvgIpc) is 2.96. The Kier molecular flexibility index (Phi) is 5.52. The molecule has 5 nitrogen and oxygen atoms in total. The van der Waals surface area contributed by atoms with Crippen LogP contribution in [0.4, 0.5) is 5.69 Å². The molecular weight excluding hydrogens is 364 g/mol. The summed E-state index contributed by atoms with van der Waals surface area (Å²) in [6.07, 6.45) is 4.12. The number of nitrogens with zero attached hydrogens (tertiary/aromatic N) is 2. The second kappa shape index (κ2) is 8.09. The Balaban J connectivity index is 1.59. The van der Waals surface area contributed by atoms with Crippen LogP contribution in [0.3, 0.4) is 0 Å². The third-order valence-corrected chi connectivity index (χ3v) is 6.13. The number of Topliss-reactive ketones (excluding diaryl/α,β-unsaturated/α-hetero) is 1. The Hall–Kier alpha value is -2.50. The Morgan fingerprint density at radius 1 is 1.03 bits per heavy atom. The number of piperidine rings is 1. The monoisotopic (exact) mass is 392 g/mol. The summed E-state index contributed by atoms with van der Waals surface area (Å²) in [5.41, 5.74) is 1.10. The highest BCUT2D eigenvalue weighted by Crippen LogP contribution is 2.43. The van der Waals surface area contributed by atoms with E-state index in [-0.39, 0.29) is 12.2 Å². The van der Waals surface area contributed by atoms with E-state index in [0.717, 1.165) is 37.9 Å². The zero-order valence-electron chi connectivity index (χ0n) is 16.9. The van der Waals surface area contributed by atoms with Crippen molar-refractivity contribution in [3.05, 3.63) is 65.2 Å². The zero-order chi connectivity index (χ0) is 20.4. The number of rotatable bonds is 6. The molecule has 0 aliphatic carbocycles. The summed E-state index contributed by atoms with van der Waals surface area (Å²) in [5.74, 6) is -0.624. The van der Waals surface area contributed by atoms with Gasteiger partial charge >= 0.3 is 0 Å². The summed E-state index contributed by atoms with van der Waals surface area (Å²) < 4.78 is 0. The second-order valence-corrected chi connectivity index (χ2v) is 8.08. The van der Waals surface area contributed by atoms with Gasteiger partial charge in [0.1, 0.15) is 0 Å². The molecule has 1 amide bonds. The average molecular weight is 392 g/mol. The van der Waals surface area contributed by atoms with E-state index < -0.39 is 11.5 Å². The molecule has 0 unspecified atom stereocenters. The maximum atomic E-state index is 13.3. The van der Waals surface area contributed by atoms with E-state index in [1.165, 1.54) is 6.42 Å². The number of aryl methyl sites for hydroxylation is 1. The van der Waals surface area contributed by atoms with Crippen LogP contribution in [0.25, 0.3) is 0 Å². The smallest absolute Gasteiger partial charge is 0.265 e. The van der Waals surface area contributed by atoms with Gasteiger partial charge in [0.15, 0.2) is 11.4 Å². The number of para-hydroxylation sites is 1. The minimum atomic E-state index is -1.81. The molecule has 1 fully saturated rings. The van der Waals surface area contributed by atoms with E-state index in [9.17, 15) is 14.7 Å². The summed E-state index contributed by atoms with van der Waals surface area (Å²) in [7, 11) is 0. The number of likely N-dealkylation sites (tertiary alicyclic amines) is 1. The minimum absolute atomic E-state index is 0.224. The number of carbonyl (C=O) groups is 2. The van der Waals surface area contributed by atoms with Gasteiger partial charge in [-0.25, -0.2) is 0 Å². The maximum Gasteiger partial charge on any atom is 0.265 e. The lowest BCUT2D eigenvalue weighted by Crippen LogP contribution is -2.47. The predicted octanol–water partition coefficient (Wildman–Crippen LogP) is 3.50. The molecule has 0 bridgehead atoms. The van der Waals surface area contributed by atoms with Crippen LogP contribution in [0, 0.1) is 0 Å². The lowest BCUT2D eigenvalue weighted by atomic mass is 9.88. The fourth-order valence-corrected chi connectivity index (χ4v) is 4.38. The molecule has 2 aromatic carbocycles. The third-order valence-electron chi connectivity index (χ3n) is 6.13. The van der Waals surface area contributed by atoms with Crippen LogP contribution in [0.5, 0.6) is 0 Å². The van der Waals surface area contributed by atoms with Crippen molar-refractivity contribution in [2.24, 2.45) is 0 Å². The van der Waals surface area contributed by atoms with Crippen molar-refractivity contribution >= 4 is 17.4 Å². The van der Waals surface area contributed by atoms with E-state index in [1.54, 1.807) is 23.1 Å². The molecule has 29 heavy (non-hydrogen) atoms. The van der Waals surface area contributed by atoms with Crippen LogP contribution in [0.1, 0.15) is 54.1 Å². The first kappa shape index (κ1) is 19.8. The maximum absolute atomic E-state index is 13.3. The fraction of sp³-hybridized carbons (Fsp3) is 0.417. The molecule has 5 heteroatoms. The molecule has 2 aliphatic heterocycles. The van der Waals surface area contributed by atoms with Crippen molar-refractivity contribution < 1.29 is 14.7 Å². The van der Waals surface area contributed by atoms with Crippen LogP contribution in [0.2, 0.25) is 0 Å². The highest BCUT2D eigenvalue weighted by Gasteiger charge is 2.51. The highest BCUT2D eigenvalue weighted by atomic mass is 16.3. The third kappa shape index (κ3) is 3.72. The van der Waals surface area contributed by atoms with Gasteiger partial charge in [0.25, 0.3) is 5.91 Å². The van der Waals surface area contributed by atoms with Crippen molar-refractivity contribution in [1.29, 1.82) is 0 Å². The van der Waals surface area contributed by atoms with Crippen LogP contribution in [-0.4, -0.2) is 41.5 Å². The lowest BCUT2D eigenvalue weighted by Gasteiger charge is -2.31. The van der Waals surface area contributed by atoms with E-state index >= 15 is 0 Å². The first-order chi connectivity index (χ1) is 14.0. The first-order valence-corrected chi connectivity index (χ1v) is 10.5. The minimum Gasteiger partial charge on any atom is -0.375 e. The van der Waals surface area contributed by atoms with E-state index in [2.05, 4.69) is 11.8 Å². The van der Waals surface area contributed by atoms with Crippen molar-refractivity contribution in [3.63, 3.8) is 0 Å². The summed E-state index contributed by atoms with van der Waals surface area (Å²) >= 11 is 0. The Bertz CT molecular complexity index is 903. The molecular formula is C24H28N2O3. The normalized spacial score (nSPS) is 22.0. The van der Waals surface area contributed by atoms with Gasteiger partial charge in [0, 0.05) is 11.1 Å². The number of hydrogen-bond donors (Lipinski definition) is 1. The van der Waals surface area contributed by atoms with Gasteiger partial charge < -0.3 is 5.11 Å². The molecule has 1 N–H and O–H groups in total. The molecule has 0 radical (unpaired) electrons. The Morgan fingerprint density at radius 2 is 1.72 bits per heavy atom. The largest absolute Gasteiger partial charge is 0.375 e. The van der Waals surface area contributed by atoms with Crippen molar-refractivity contribution in [3.8, 4) is 0 Å². The van der Waals surface area contributed by atoms with E-state index in [0.29, 0.717) is 23.5 Å². The Morgan fingerprint density at radius 3 is 2.41 bits per heavy atom. The summed E-state index contributed by atoms with van der Waals surface area (Å²) in [6, 6.07) is 14.7. The Labute approximate surface area is 171 Å². The number of aliphatic hydroxyl groups is 1. The number of fused-ring (bicyclic) bond motifs is 1. The van der Waals surface area contributed by atoms with Crippen molar-refractivity contribution in [1.82, 2.24) is 4.90 Å². The highest BCUT2D eigenvalue weighted by molar-refractivity contribution is 6.10. The molecule has 4 rings (SSSR count). The fourth-order valence-electron chi connectivity index (χ4n) is 4.38. The van der Waals surface area contributed by atoms with Crippen LogP contribution >= 0.6 is 0 Å². The lowest BCUT2D eigenvalue weighted by molar-refractivity contribution is -0.136. The topological polar surface area (TPSA) is 60.9 Å². The molecule has 1 saturated heterocycles. The molecule has 0 aromatic heterocycles. The molecule has 152 valence electrons. The zero-order valence-corrected chi connectivity index (χ0v) is 16.9. The van der Waals surface area contributed by atoms with Gasteiger partial charge in [0.05, 0.1) is 18.8 Å². The standard InChI is InChI=1S/C24H28N2O3/c1-2-18-10-12-19(13-11-18)22(27)16-24(29)20-8-4-5-9-21(20)26(23(24)28)17-25-14-6-3-7-15-25/h4-5,8-13,29H,2-3,6-7,14-17H2,1H3/t24-/m1/s1. The molecule has 0 spiro atoms. The summed E-state index contributed by atoms with van der Waals surface area (Å²) in [4.78, 5) is 30.1. The quantitative estimate of drug-likeness (QED) is 0.765. The van der Waals surface area contributed by atoms with E-state index in [4.69, 9.17) is 0 Å². The van der Waals surface area contributed by atoms with Crippen molar-refractivity contribution in [2.45, 2.75) is 44.6 Å². The predicted molar refractivity (Wildman–Crippen MR) is 113 cm³/mol. The first-order valence-electron chi connectivity index (χ1n) is 10.5. The van der Waals surface area contributed by atoms with E-state index in [1.807, 2.05) is 30.3 Å². The van der Waals surface area contributed by atoms with Gasteiger partial charge in [-0.15, -0.1) is 0 Å². The molecule has 0 saturated carbocycles. The number of carbonyl (C=O) groups excluding carboxylic acids is 2. The SMILES string of the molecule is CCc1ccc(C(=O)C[C@]2(O)C(=O)N(CN3CCCCC3)c3ccccc32)cc1. The van der Waals surface area contributed by atoms with Gasteiger partial charge in [-0.1, -0.05) is 55.8 Å².